The zero-order chi connectivity index (χ0) is 14.7. The van der Waals surface area contributed by atoms with Gasteiger partial charge in [0, 0.05) is 0 Å². The Labute approximate surface area is 112 Å². The Hall–Kier alpha value is -2.96. The minimum atomic E-state index is -1.46. The highest BCUT2D eigenvalue weighted by molar-refractivity contribution is 5.93. The van der Waals surface area contributed by atoms with Gasteiger partial charge >= 0.3 is 11.7 Å². The maximum absolute atomic E-state index is 13.5. The Morgan fingerprint density at radius 1 is 1.15 bits per heavy atom. The van der Waals surface area contributed by atoms with Gasteiger partial charge in [-0.05, 0) is 24.3 Å². The number of nitro groups is 1. The molecule has 0 atom stereocenters. The summed E-state index contributed by atoms with van der Waals surface area (Å²) in [5.74, 6) is -2.73. The molecule has 20 heavy (non-hydrogen) atoms. The number of rotatable bonds is 4. The molecule has 2 aromatic carbocycles. The van der Waals surface area contributed by atoms with Crippen molar-refractivity contribution >= 4 is 11.7 Å². The van der Waals surface area contributed by atoms with Crippen LogP contribution in [0.2, 0.25) is 0 Å². The first-order valence-electron chi connectivity index (χ1n) is 5.44. The van der Waals surface area contributed by atoms with Gasteiger partial charge in [-0.1, -0.05) is 18.2 Å². The van der Waals surface area contributed by atoms with Crippen molar-refractivity contribution in [3.05, 3.63) is 64.0 Å². The molecule has 0 heterocycles. The van der Waals surface area contributed by atoms with E-state index in [4.69, 9.17) is 9.84 Å². The van der Waals surface area contributed by atoms with Crippen LogP contribution in [0.4, 0.5) is 10.1 Å². The summed E-state index contributed by atoms with van der Waals surface area (Å²) in [5, 5.41) is 19.9. The van der Waals surface area contributed by atoms with E-state index < -0.39 is 28.0 Å². The van der Waals surface area contributed by atoms with Crippen LogP contribution < -0.4 is 4.74 Å². The van der Waals surface area contributed by atoms with E-state index in [0.717, 1.165) is 12.1 Å². The van der Waals surface area contributed by atoms with Crippen LogP contribution in [0, 0.1) is 15.9 Å². The van der Waals surface area contributed by atoms with Crippen molar-refractivity contribution in [2.24, 2.45) is 0 Å². The number of ether oxygens (including phenoxy) is 1. The van der Waals surface area contributed by atoms with Gasteiger partial charge in [0.05, 0.1) is 4.92 Å². The quantitative estimate of drug-likeness (QED) is 0.684. The number of halogens is 1. The summed E-state index contributed by atoms with van der Waals surface area (Å²) in [5.41, 5.74) is -1.24. The molecule has 0 aliphatic heterocycles. The number of carbonyl (C=O) groups is 1. The van der Waals surface area contributed by atoms with Crippen LogP contribution in [0.15, 0.2) is 42.5 Å². The smallest absolute Gasteiger partial charge is 0.342 e. The van der Waals surface area contributed by atoms with Crippen molar-refractivity contribution in [1.29, 1.82) is 0 Å². The molecule has 0 aliphatic carbocycles. The molecule has 0 aliphatic rings. The summed E-state index contributed by atoms with van der Waals surface area (Å²) in [6.45, 7) is 0. The molecular formula is C13H8FNO5. The fourth-order valence-corrected chi connectivity index (χ4v) is 1.61. The highest BCUT2D eigenvalue weighted by Gasteiger charge is 2.26. The number of carboxylic acids is 1. The number of aromatic carboxylic acids is 1. The van der Waals surface area contributed by atoms with Crippen molar-refractivity contribution < 1.29 is 24.0 Å². The molecule has 0 bridgehead atoms. The van der Waals surface area contributed by atoms with E-state index in [0.29, 0.717) is 0 Å². The number of hydrogen-bond acceptors (Lipinski definition) is 4. The van der Waals surface area contributed by atoms with Gasteiger partial charge in [0.25, 0.3) is 0 Å². The molecule has 2 rings (SSSR count). The fourth-order valence-electron chi connectivity index (χ4n) is 1.61. The molecule has 0 saturated heterocycles. The number of nitrogens with zero attached hydrogens (tertiary/aromatic N) is 1. The molecule has 0 fully saturated rings. The summed E-state index contributed by atoms with van der Waals surface area (Å²) >= 11 is 0. The number of benzene rings is 2. The molecule has 7 heteroatoms. The molecule has 0 spiro atoms. The van der Waals surface area contributed by atoms with Crippen LogP contribution in [0.5, 0.6) is 11.5 Å². The minimum Gasteiger partial charge on any atom is -0.477 e. The molecule has 2 aromatic rings. The Kier molecular flexibility index (Phi) is 3.60. The number of carboxylic acid groups (broad SMARTS) is 1. The van der Waals surface area contributed by atoms with Crippen LogP contribution in [-0.2, 0) is 0 Å². The number of hydrogen-bond donors (Lipinski definition) is 1. The third-order valence-corrected chi connectivity index (χ3v) is 2.47. The lowest BCUT2D eigenvalue weighted by Gasteiger charge is -2.08. The summed E-state index contributed by atoms with van der Waals surface area (Å²) in [6, 6.07) is 8.91. The second kappa shape index (κ2) is 5.35. The van der Waals surface area contributed by atoms with Crippen LogP contribution in [0.3, 0.4) is 0 Å². The van der Waals surface area contributed by atoms with E-state index in [2.05, 4.69) is 0 Å². The third kappa shape index (κ3) is 2.56. The van der Waals surface area contributed by atoms with E-state index in [1.54, 1.807) is 0 Å². The van der Waals surface area contributed by atoms with Crippen molar-refractivity contribution in [1.82, 2.24) is 0 Å². The molecule has 102 valence electrons. The SMILES string of the molecule is O=C(O)c1cccc(Oc2ccccc2F)c1[N+](=O)[O-]. The maximum atomic E-state index is 13.5. The molecule has 1 N–H and O–H groups in total. The van der Waals surface area contributed by atoms with Gasteiger partial charge in [0.2, 0.25) is 5.75 Å². The zero-order valence-electron chi connectivity index (χ0n) is 9.95. The molecule has 0 aromatic heterocycles. The average molecular weight is 277 g/mol. The Morgan fingerprint density at radius 3 is 2.40 bits per heavy atom. The van der Waals surface area contributed by atoms with Gasteiger partial charge in [-0.3, -0.25) is 10.1 Å². The molecule has 0 amide bonds. The van der Waals surface area contributed by atoms with Crippen molar-refractivity contribution in [2.75, 3.05) is 0 Å². The molecule has 0 radical (unpaired) electrons. The maximum Gasteiger partial charge on any atom is 0.342 e. The number of nitro benzene ring substituents is 1. The van der Waals surface area contributed by atoms with E-state index >= 15 is 0 Å². The van der Waals surface area contributed by atoms with Crippen LogP contribution in [-0.4, -0.2) is 16.0 Å². The van der Waals surface area contributed by atoms with E-state index in [9.17, 15) is 19.3 Å². The van der Waals surface area contributed by atoms with Gasteiger partial charge in [0.1, 0.15) is 5.56 Å². The molecule has 6 nitrogen and oxygen atoms in total. The van der Waals surface area contributed by atoms with Crippen LogP contribution in [0.25, 0.3) is 0 Å². The lowest BCUT2D eigenvalue weighted by atomic mass is 10.1. The Bertz CT molecular complexity index is 686. The summed E-state index contributed by atoms with van der Waals surface area (Å²) in [6.07, 6.45) is 0. The topological polar surface area (TPSA) is 89.7 Å². The normalized spacial score (nSPS) is 10.1. The van der Waals surface area contributed by atoms with Crippen LogP contribution in [0.1, 0.15) is 10.4 Å². The fraction of sp³-hybridized carbons (Fsp3) is 0. The highest BCUT2D eigenvalue weighted by Crippen LogP contribution is 2.35. The third-order valence-electron chi connectivity index (χ3n) is 2.47. The average Bonchev–Trinajstić information content (AvgIpc) is 2.40. The zero-order valence-corrected chi connectivity index (χ0v) is 9.95. The monoisotopic (exact) mass is 277 g/mol. The van der Waals surface area contributed by atoms with Crippen molar-refractivity contribution in [3.63, 3.8) is 0 Å². The predicted molar refractivity (Wildman–Crippen MR) is 66.5 cm³/mol. The molecule has 0 unspecified atom stereocenters. The van der Waals surface area contributed by atoms with E-state index in [1.165, 1.54) is 30.3 Å². The first-order chi connectivity index (χ1) is 9.50. The number of para-hydroxylation sites is 2. The first-order valence-corrected chi connectivity index (χ1v) is 5.44. The van der Waals surface area contributed by atoms with Gasteiger partial charge in [0.15, 0.2) is 11.6 Å². The Morgan fingerprint density at radius 2 is 1.80 bits per heavy atom. The van der Waals surface area contributed by atoms with Crippen molar-refractivity contribution in [2.45, 2.75) is 0 Å². The van der Waals surface area contributed by atoms with E-state index in [-0.39, 0.29) is 11.5 Å². The largest absolute Gasteiger partial charge is 0.477 e. The molecular weight excluding hydrogens is 269 g/mol. The summed E-state index contributed by atoms with van der Waals surface area (Å²) in [7, 11) is 0. The van der Waals surface area contributed by atoms with Gasteiger partial charge in [-0.2, -0.15) is 0 Å². The Balaban J connectivity index is 2.52. The van der Waals surface area contributed by atoms with Gasteiger partial charge < -0.3 is 9.84 Å². The lowest BCUT2D eigenvalue weighted by Crippen LogP contribution is -2.04. The second-order valence-electron chi connectivity index (χ2n) is 3.75. The van der Waals surface area contributed by atoms with Gasteiger partial charge in [-0.15, -0.1) is 0 Å². The standard InChI is InChI=1S/C13H8FNO5/c14-9-5-1-2-6-10(9)20-11-7-3-4-8(13(16)17)12(11)15(18)19/h1-7H,(H,16,17). The lowest BCUT2D eigenvalue weighted by molar-refractivity contribution is -0.386. The summed E-state index contributed by atoms with van der Waals surface area (Å²) in [4.78, 5) is 21.1. The minimum absolute atomic E-state index is 0.224. The first kappa shape index (κ1) is 13.5. The second-order valence-corrected chi connectivity index (χ2v) is 3.75. The summed E-state index contributed by atoms with van der Waals surface area (Å²) < 4.78 is 18.6. The van der Waals surface area contributed by atoms with Crippen LogP contribution >= 0.6 is 0 Å². The highest BCUT2D eigenvalue weighted by atomic mass is 19.1. The van der Waals surface area contributed by atoms with E-state index in [1.807, 2.05) is 0 Å². The predicted octanol–water partition coefficient (Wildman–Crippen LogP) is 3.22. The molecule has 0 saturated carbocycles. The van der Waals surface area contributed by atoms with Crippen molar-refractivity contribution in [3.8, 4) is 11.5 Å². The van der Waals surface area contributed by atoms with Gasteiger partial charge in [-0.25, -0.2) is 9.18 Å².